The number of rotatable bonds is 7. The Bertz CT molecular complexity index is 731. The maximum absolute atomic E-state index is 11.1. The quantitative estimate of drug-likeness (QED) is 0.593. The zero-order valence-electron chi connectivity index (χ0n) is 14.1. The Morgan fingerprint density at radius 2 is 2.08 bits per heavy atom. The van der Waals surface area contributed by atoms with Gasteiger partial charge >= 0.3 is 0 Å². The number of aliphatic hydroxyl groups is 1. The lowest BCUT2D eigenvalue weighted by molar-refractivity contribution is -0.385. The Kier molecular flexibility index (Phi) is 5.76. The highest BCUT2D eigenvalue weighted by atomic mass is 16.6. The monoisotopic (exact) mass is 330 g/mol. The zero-order valence-corrected chi connectivity index (χ0v) is 14.1. The van der Waals surface area contributed by atoms with Crippen molar-refractivity contribution in [2.75, 3.05) is 11.9 Å². The van der Waals surface area contributed by atoms with Crippen molar-refractivity contribution < 1.29 is 14.8 Å². The maximum atomic E-state index is 11.1. The van der Waals surface area contributed by atoms with E-state index in [4.69, 9.17) is 4.74 Å². The summed E-state index contributed by atoms with van der Waals surface area (Å²) >= 11 is 0. The molecule has 0 aliphatic carbocycles. The average molecular weight is 330 g/mol. The molecule has 6 nitrogen and oxygen atoms in total. The van der Waals surface area contributed by atoms with Crippen LogP contribution in [0.2, 0.25) is 0 Å². The molecule has 0 aromatic heterocycles. The summed E-state index contributed by atoms with van der Waals surface area (Å²) in [5, 5.41) is 23.9. The second-order valence-corrected chi connectivity index (χ2v) is 5.53. The Morgan fingerprint density at radius 3 is 2.71 bits per heavy atom. The van der Waals surface area contributed by atoms with Crippen molar-refractivity contribution in [1.82, 2.24) is 0 Å². The van der Waals surface area contributed by atoms with Crippen molar-refractivity contribution in [3.63, 3.8) is 0 Å². The van der Waals surface area contributed by atoms with Crippen LogP contribution in [0.4, 0.5) is 11.4 Å². The van der Waals surface area contributed by atoms with E-state index in [1.54, 1.807) is 13.0 Å². The van der Waals surface area contributed by atoms with Crippen molar-refractivity contribution in [3.8, 4) is 5.75 Å². The number of benzene rings is 2. The van der Waals surface area contributed by atoms with Gasteiger partial charge in [-0.1, -0.05) is 12.1 Å². The van der Waals surface area contributed by atoms with Crippen molar-refractivity contribution in [3.05, 3.63) is 63.2 Å². The molecule has 6 heteroatoms. The third-order valence-electron chi connectivity index (χ3n) is 3.92. The summed E-state index contributed by atoms with van der Waals surface area (Å²) in [7, 11) is 0. The van der Waals surface area contributed by atoms with E-state index in [-0.39, 0.29) is 23.3 Å². The lowest BCUT2D eigenvalue weighted by Gasteiger charge is -2.19. The van der Waals surface area contributed by atoms with Crippen molar-refractivity contribution in [2.45, 2.75) is 33.4 Å². The minimum atomic E-state index is -0.369. The summed E-state index contributed by atoms with van der Waals surface area (Å²) in [4.78, 5) is 10.7. The highest BCUT2D eigenvalue weighted by Gasteiger charge is 2.17. The van der Waals surface area contributed by atoms with Crippen molar-refractivity contribution in [2.24, 2.45) is 0 Å². The molecule has 0 bridgehead atoms. The number of nitro benzene ring substituents is 1. The van der Waals surface area contributed by atoms with Crippen molar-refractivity contribution in [1.29, 1.82) is 0 Å². The summed E-state index contributed by atoms with van der Waals surface area (Å²) in [6.07, 6.45) is 0. The summed E-state index contributed by atoms with van der Waals surface area (Å²) in [6.45, 7) is 6.00. The van der Waals surface area contributed by atoms with Gasteiger partial charge in [-0.2, -0.15) is 0 Å². The Hall–Kier alpha value is -2.60. The lowest BCUT2D eigenvalue weighted by atomic mass is 10.0. The fourth-order valence-electron chi connectivity index (χ4n) is 2.72. The van der Waals surface area contributed by atoms with Crippen LogP contribution in [-0.4, -0.2) is 16.6 Å². The highest BCUT2D eigenvalue weighted by molar-refractivity contribution is 5.54. The molecule has 1 unspecified atom stereocenters. The van der Waals surface area contributed by atoms with Gasteiger partial charge in [0.05, 0.1) is 18.1 Å². The van der Waals surface area contributed by atoms with Gasteiger partial charge in [-0.05, 0) is 44.5 Å². The zero-order chi connectivity index (χ0) is 17.7. The minimum absolute atomic E-state index is 0.115. The number of nitrogens with zero attached hydrogens (tertiary/aromatic N) is 1. The first-order valence-corrected chi connectivity index (χ1v) is 7.85. The second kappa shape index (κ2) is 7.79. The summed E-state index contributed by atoms with van der Waals surface area (Å²) < 4.78 is 5.47. The molecule has 2 aromatic carbocycles. The average Bonchev–Trinajstić information content (AvgIpc) is 2.56. The van der Waals surface area contributed by atoms with E-state index in [0.717, 1.165) is 11.3 Å². The van der Waals surface area contributed by atoms with Crippen LogP contribution in [0.3, 0.4) is 0 Å². The van der Waals surface area contributed by atoms with Gasteiger partial charge in [-0.15, -0.1) is 0 Å². The van der Waals surface area contributed by atoms with E-state index < -0.39 is 0 Å². The smallest absolute Gasteiger partial charge is 0.272 e. The molecular formula is C18H22N2O4. The van der Waals surface area contributed by atoms with Crippen LogP contribution in [0.15, 0.2) is 36.4 Å². The SMILES string of the molecule is CCOc1ccc(NC(C)c2cccc([N+](=O)[O-])c2C)cc1CO. The number of nitrogens with one attached hydrogen (secondary N) is 1. The van der Waals surface area contributed by atoms with Crippen molar-refractivity contribution >= 4 is 11.4 Å². The largest absolute Gasteiger partial charge is 0.494 e. The van der Waals surface area contributed by atoms with Crippen LogP contribution >= 0.6 is 0 Å². The third-order valence-corrected chi connectivity index (χ3v) is 3.92. The Labute approximate surface area is 141 Å². The van der Waals surface area contributed by atoms with Crippen LogP contribution in [0.5, 0.6) is 5.75 Å². The standard InChI is InChI=1S/C18H22N2O4/c1-4-24-18-9-8-15(10-14(18)11-21)19-13(3)16-6-5-7-17(12(16)2)20(22)23/h5-10,13,19,21H,4,11H2,1-3H3. The Balaban J connectivity index is 2.25. The van der Waals surface area contributed by atoms with Crippen LogP contribution < -0.4 is 10.1 Å². The van der Waals surface area contributed by atoms with Crippen LogP contribution in [0, 0.1) is 17.0 Å². The molecule has 2 N–H and O–H groups in total. The molecule has 0 aliphatic heterocycles. The first-order chi connectivity index (χ1) is 11.5. The van der Waals surface area contributed by atoms with Crippen LogP contribution in [0.1, 0.15) is 36.6 Å². The molecule has 2 aromatic rings. The lowest BCUT2D eigenvalue weighted by Crippen LogP contribution is -2.10. The molecule has 0 saturated carbocycles. The predicted octanol–water partition coefficient (Wildman–Crippen LogP) is 3.97. The van der Waals surface area contributed by atoms with Crippen LogP contribution in [-0.2, 0) is 6.61 Å². The molecule has 0 saturated heterocycles. The molecule has 0 fully saturated rings. The predicted molar refractivity (Wildman–Crippen MR) is 93.4 cm³/mol. The number of hydrogen-bond donors (Lipinski definition) is 2. The summed E-state index contributed by atoms with van der Waals surface area (Å²) in [5.41, 5.74) is 3.15. The maximum Gasteiger partial charge on any atom is 0.272 e. The fraction of sp³-hybridized carbons (Fsp3) is 0.333. The first-order valence-electron chi connectivity index (χ1n) is 7.85. The van der Waals surface area contributed by atoms with Gasteiger partial charge in [0.1, 0.15) is 5.75 Å². The molecule has 0 heterocycles. The topological polar surface area (TPSA) is 84.6 Å². The first kappa shape index (κ1) is 17.7. The van der Waals surface area contributed by atoms with Gasteiger partial charge in [-0.25, -0.2) is 0 Å². The molecule has 0 aliphatic rings. The van der Waals surface area contributed by atoms with Crippen LogP contribution in [0.25, 0.3) is 0 Å². The molecule has 0 spiro atoms. The van der Waals surface area contributed by atoms with E-state index in [1.807, 2.05) is 38.1 Å². The van der Waals surface area contributed by atoms with E-state index in [9.17, 15) is 15.2 Å². The number of anilines is 1. The minimum Gasteiger partial charge on any atom is -0.494 e. The second-order valence-electron chi connectivity index (χ2n) is 5.53. The molecule has 2 rings (SSSR count). The van der Waals surface area contributed by atoms with E-state index in [0.29, 0.717) is 23.5 Å². The van der Waals surface area contributed by atoms with Gasteiger partial charge < -0.3 is 15.2 Å². The van der Waals surface area contributed by atoms with Gasteiger partial charge in [0.2, 0.25) is 0 Å². The number of ether oxygens (including phenoxy) is 1. The molecular weight excluding hydrogens is 308 g/mol. The summed E-state index contributed by atoms with van der Waals surface area (Å²) in [5.74, 6) is 0.657. The highest BCUT2D eigenvalue weighted by Crippen LogP contribution is 2.30. The van der Waals surface area contributed by atoms with Gasteiger partial charge in [0.15, 0.2) is 0 Å². The fourth-order valence-corrected chi connectivity index (χ4v) is 2.72. The van der Waals surface area contributed by atoms with Gasteiger partial charge in [0.25, 0.3) is 5.69 Å². The van der Waals surface area contributed by atoms with Gasteiger partial charge in [0, 0.05) is 28.9 Å². The number of nitro groups is 1. The number of aliphatic hydroxyl groups excluding tert-OH is 1. The normalized spacial score (nSPS) is 11.8. The molecule has 24 heavy (non-hydrogen) atoms. The molecule has 0 amide bonds. The summed E-state index contributed by atoms with van der Waals surface area (Å²) in [6, 6.07) is 10.5. The molecule has 0 radical (unpaired) electrons. The third kappa shape index (κ3) is 3.83. The number of hydrogen-bond acceptors (Lipinski definition) is 5. The van der Waals surface area contributed by atoms with E-state index in [2.05, 4.69) is 5.32 Å². The Morgan fingerprint density at radius 1 is 1.33 bits per heavy atom. The van der Waals surface area contributed by atoms with Gasteiger partial charge in [-0.3, -0.25) is 10.1 Å². The molecule has 1 atom stereocenters. The van der Waals surface area contributed by atoms with E-state index in [1.165, 1.54) is 6.07 Å². The van der Waals surface area contributed by atoms with E-state index >= 15 is 0 Å². The molecule has 128 valence electrons.